The van der Waals surface area contributed by atoms with E-state index in [2.05, 4.69) is 19.3 Å². The van der Waals surface area contributed by atoms with E-state index in [0.29, 0.717) is 24.9 Å². The molecular weight excluding hydrogens is 202 g/mol. The number of amides is 1. The summed E-state index contributed by atoms with van der Waals surface area (Å²) in [5, 5.41) is 0. The fourth-order valence-corrected chi connectivity index (χ4v) is 2.16. The predicted molar refractivity (Wildman–Crippen MR) is 64.7 cm³/mol. The van der Waals surface area contributed by atoms with Gasteiger partial charge in [-0.1, -0.05) is 39.5 Å². The van der Waals surface area contributed by atoms with Crippen molar-refractivity contribution in [3.63, 3.8) is 0 Å². The second kappa shape index (κ2) is 7.66. The van der Waals surface area contributed by atoms with Gasteiger partial charge in [0.25, 0.3) is 0 Å². The van der Waals surface area contributed by atoms with Gasteiger partial charge in [0.05, 0.1) is 6.61 Å². The highest BCUT2D eigenvalue weighted by atomic mass is 16.6. The zero-order valence-electron chi connectivity index (χ0n) is 10.6. The first-order valence-electron chi connectivity index (χ1n) is 6.59. The summed E-state index contributed by atoms with van der Waals surface area (Å²) in [5.41, 5.74) is 2.54. The Morgan fingerprint density at radius 1 is 1.25 bits per heavy atom. The van der Waals surface area contributed by atoms with Crippen LogP contribution in [0, 0.1) is 11.8 Å². The fourth-order valence-electron chi connectivity index (χ4n) is 2.16. The number of carbonyl (C=O) groups excluding carboxylic acids is 1. The van der Waals surface area contributed by atoms with E-state index in [1.807, 2.05) is 0 Å². The molecule has 1 N–H and O–H groups in total. The normalized spacial score (nSPS) is 18.4. The molecule has 1 amide bonds. The molecule has 1 aliphatic carbocycles. The Morgan fingerprint density at radius 2 is 1.88 bits per heavy atom. The van der Waals surface area contributed by atoms with Crippen LogP contribution in [-0.2, 0) is 9.63 Å². The van der Waals surface area contributed by atoms with E-state index in [1.54, 1.807) is 0 Å². The third-order valence-electron chi connectivity index (χ3n) is 3.05. The monoisotopic (exact) mass is 227 g/mol. The SMILES string of the molecule is CC(C)CONC(=O)CC1CCCCCC1. The number of hydrogen-bond acceptors (Lipinski definition) is 2. The van der Waals surface area contributed by atoms with E-state index in [0.717, 1.165) is 0 Å². The largest absolute Gasteiger partial charge is 0.273 e. The third-order valence-corrected chi connectivity index (χ3v) is 3.05. The fraction of sp³-hybridized carbons (Fsp3) is 0.923. The van der Waals surface area contributed by atoms with E-state index in [-0.39, 0.29) is 5.91 Å². The van der Waals surface area contributed by atoms with Gasteiger partial charge in [-0.2, -0.15) is 0 Å². The molecule has 3 heteroatoms. The summed E-state index contributed by atoms with van der Waals surface area (Å²) < 4.78 is 0. The van der Waals surface area contributed by atoms with Crippen LogP contribution in [0.3, 0.4) is 0 Å². The lowest BCUT2D eigenvalue weighted by atomic mass is 9.96. The lowest BCUT2D eigenvalue weighted by Gasteiger charge is -2.13. The van der Waals surface area contributed by atoms with Crippen LogP contribution in [0.5, 0.6) is 0 Å². The average Bonchev–Trinajstić information content (AvgIpc) is 2.45. The maximum atomic E-state index is 11.6. The Kier molecular flexibility index (Phi) is 6.46. The Hall–Kier alpha value is -0.570. The number of hydroxylamine groups is 1. The highest BCUT2D eigenvalue weighted by Gasteiger charge is 2.15. The number of rotatable bonds is 5. The summed E-state index contributed by atoms with van der Waals surface area (Å²) in [7, 11) is 0. The van der Waals surface area contributed by atoms with Crippen LogP contribution in [0.15, 0.2) is 0 Å². The van der Waals surface area contributed by atoms with Gasteiger partial charge in [-0.05, 0) is 24.7 Å². The highest BCUT2D eigenvalue weighted by molar-refractivity contribution is 5.74. The maximum absolute atomic E-state index is 11.6. The summed E-state index contributed by atoms with van der Waals surface area (Å²) >= 11 is 0. The lowest BCUT2D eigenvalue weighted by Crippen LogP contribution is -2.27. The molecule has 0 aromatic rings. The molecule has 0 atom stereocenters. The van der Waals surface area contributed by atoms with Crippen molar-refractivity contribution < 1.29 is 9.63 Å². The second-order valence-corrected chi connectivity index (χ2v) is 5.29. The van der Waals surface area contributed by atoms with Gasteiger partial charge >= 0.3 is 0 Å². The lowest BCUT2D eigenvalue weighted by molar-refractivity contribution is -0.135. The summed E-state index contributed by atoms with van der Waals surface area (Å²) in [6, 6.07) is 0. The van der Waals surface area contributed by atoms with Crippen molar-refractivity contribution in [3.05, 3.63) is 0 Å². The van der Waals surface area contributed by atoms with Crippen LogP contribution in [-0.4, -0.2) is 12.5 Å². The molecule has 0 heterocycles. The first-order chi connectivity index (χ1) is 7.68. The number of hydrogen-bond donors (Lipinski definition) is 1. The average molecular weight is 227 g/mol. The zero-order chi connectivity index (χ0) is 11.8. The van der Waals surface area contributed by atoms with Crippen molar-refractivity contribution in [2.45, 2.75) is 58.8 Å². The standard InChI is InChI=1S/C13H25NO2/c1-11(2)10-16-14-13(15)9-12-7-5-3-4-6-8-12/h11-12H,3-10H2,1-2H3,(H,14,15). The minimum absolute atomic E-state index is 0.0487. The maximum Gasteiger partial charge on any atom is 0.243 e. The van der Waals surface area contributed by atoms with Crippen molar-refractivity contribution in [1.29, 1.82) is 0 Å². The van der Waals surface area contributed by atoms with Gasteiger partial charge in [-0.15, -0.1) is 0 Å². The first kappa shape index (κ1) is 13.5. The summed E-state index contributed by atoms with van der Waals surface area (Å²) in [6.07, 6.45) is 8.28. The van der Waals surface area contributed by atoms with Gasteiger partial charge in [0.1, 0.15) is 0 Å². The zero-order valence-corrected chi connectivity index (χ0v) is 10.6. The number of carbonyl (C=O) groups is 1. The van der Waals surface area contributed by atoms with Gasteiger partial charge in [0.2, 0.25) is 5.91 Å². The molecule has 1 fully saturated rings. The van der Waals surface area contributed by atoms with E-state index in [1.165, 1.54) is 38.5 Å². The first-order valence-corrected chi connectivity index (χ1v) is 6.59. The van der Waals surface area contributed by atoms with E-state index in [9.17, 15) is 4.79 Å². The molecule has 0 unspecified atom stereocenters. The van der Waals surface area contributed by atoms with Crippen molar-refractivity contribution in [1.82, 2.24) is 5.48 Å². The third kappa shape index (κ3) is 6.11. The Labute approximate surface area is 98.9 Å². The summed E-state index contributed by atoms with van der Waals surface area (Å²) in [6.45, 7) is 4.73. The smallest absolute Gasteiger partial charge is 0.243 e. The minimum atomic E-state index is 0.0487. The molecule has 1 aliphatic rings. The summed E-state index contributed by atoms with van der Waals surface area (Å²) in [4.78, 5) is 16.7. The van der Waals surface area contributed by atoms with Gasteiger partial charge in [0, 0.05) is 6.42 Å². The molecule has 1 rings (SSSR count). The highest BCUT2D eigenvalue weighted by Crippen LogP contribution is 2.25. The Balaban J connectivity index is 2.12. The van der Waals surface area contributed by atoms with Crippen LogP contribution in [0.1, 0.15) is 58.8 Å². The van der Waals surface area contributed by atoms with Gasteiger partial charge in [0.15, 0.2) is 0 Å². The van der Waals surface area contributed by atoms with Crippen LogP contribution >= 0.6 is 0 Å². The summed E-state index contributed by atoms with van der Waals surface area (Å²) in [5.74, 6) is 1.08. The van der Waals surface area contributed by atoms with Crippen molar-refractivity contribution in [2.75, 3.05) is 6.61 Å². The molecule has 0 aromatic carbocycles. The van der Waals surface area contributed by atoms with Crippen molar-refractivity contribution in [2.24, 2.45) is 11.8 Å². The molecule has 1 saturated carbocycles. The second-order valence-electron chi connectivity index (χ2n) is 5.29. The van der Waals surface area contributed by atoms with Crippen LogP contribution < -0.4 is 5.48 Å². The van der Waals surface area contributed by atoms with Crippen molar-refractivity contribution >= 4 is 5.91 Å². The van der Waals surface area contributed by atoms with Gasteiger partial charge in [-0.3, -0.25) is 9.63 Å². The van der Waals surface area contributed by atoms with E-state index in [4.69, 9.17) is 4.84 Å². The quantitative estimate of drug-likeness (QED) is 0.579. The molecule has 94 valence electrons. The van der Waals surface area contributed by atoms with Crippen LogP contribution in [0.25, 0.3) is 0 Å². The molecule has 0 saturated heterocycles. The molecular formula is C13H25NO2. The minimum Gasteiger partial charge on any atom is -0.273 e. The Morgan fingerprint density at radius 3 is 2.44 bits per heavy atom. The molecule has 0 bridgehead atoms. The Bertz CT molecular complexity index is 196. The molecule has 0 radical (unpaired) electrons. The van der Waals surface area contributed by atoms with Gasteiger partial charge < -0.3 is 0 Å². The molecule has 3 nitrogen and oxygen atoms in total. The molecule has 16 heavy (non-hydrogen) atoms. The predicted octanol–water partition coefficient (Wildman–Crippen LogP) is 3.05. The molecule has 0 aliphatic heterocycles. The van der Waals surface area contributed by atoms with Gasteiger partial charge in [-0.25, -0.2) is 5.48 Å². The molecule has 0 aromatic heterocycles. The van der Waals surface area contributed by atoms with E-state index >= 15 is 0 Å². The molecule has 0 spiro atoms. The van der Waals surface area contributed by atoms with E-state index < -0.39 is 0 Å². The topological polar surface area (TPSA) is 38.3 Å². The number of nitrogens with one attached hydrogen (secondary N) is 1. The van der Waals surface area contributed by atoms with Crippen LogP contribution in [0.4, 0.5) is 0 Å². The van der Waals surface area contributed by atoms with Crippen molar-refractivity contribution in [3.8, 4) is 0 Å². The van der Waals surface area contributed by atoms with Crippen LogP contribution in [0.2, 0.25) is 0 Å².